The zero-order valence-corrected chi connectivity index (χ0v) is 11.9. The molecule has 3 rings (SSSR count). The molecular formula is C16H24N2O. The number of aryl methyl sites for hydroxylation is 1. The van der Waals surface area contributed by atoms with Gasteiger partial charge < -0.3 is 10.5 Å². The minimum atomic E-state index is 0.356. The summed E-state index contributed by atoms with van der Waals surface area (Å²) in [5, 5.41) is 0. The number of nitrogens with two attached hydrogens (primary N) is 1. The molecule has 0 radical (unpaired) electrons. The second kappa shape index (κ2) is 5.14. The fourth-order valence-electron chi connectivity index (χ4n) is 3.42. The van der Waals surface area contributed by atoms with Gasteiger partial charge >= 0.3 is 0 Å². The molecule has 0 amide bonds. The van der Waals surface area contributed by atoms with E-state index in [1.54, 1.807) is 0 Å². The van der Waals surface area contributed by atoms with Crippen LogP contribution in [-0.2, 0) is 6.42 Å². The number of ether oxygens (including phenoxy) is 1. The van der Waals surface area contributed by atoms with Crippen LogP contribution in [0.2, 0.25) is 0 Å². The monoisotopic (exact) mass is 260 g/mol. The molecule has 1 fully saturated rings. The van der Waals surface area contributed by atoms with Crippen molar-refractivity contribution in [1.82, 2.24) is 4.90 Å². The van der Waals surface area contributed by atoms with Crippen molar-refractivity contribution in [2.45, 2.75) is 38.3 Å². The summed E-state index contributed by atoms with van der Waals surface area (Å²) in [6.07, 6.45) is 3.81. The van der Waals surface area contributed by atoms with Gasteiger partial charge in [0.2, 0.25) is 0 Å². The molecule has 19 heavy (non-hydrogen) atoms. The van der Waals surface area contributed by atoms with Crippen molar-refractivity contribution in [3.05, 3.63) is 29.3 Å². The summed E-state index contributed by atoms with van der Waals surface area (Å²) >= 11 is 0. The molecule has 3 nitrogen and oxygen atoms in total. The number of likely N-dealkylation sites (tertiary alicyclic amines) is 1. The minimum absolute atomic E-state index is 0.356. The Labute approximate surface area is 115 Å². The SMILES string of the molecule is CC1CCc2cc(C3CC(CN)CN3C)ccc2O1. The predicted octanol–water partition coefficient (Wildman–Crippen LogP) is 2.35. The van der Waals surface area contributed by atoms with E-state index < -0.39 is 0 Å². The Bertz CT molecular complexity index is 460. The first-order valence-electron chi connectivity index (χ1n) is 7.37. The van der Waals surface area contributed by atoms with Gasteiger partial charge in [0.1, 0.15) is 5.75 Å². The molecule has 3 unspecified atom stereocenters. The van der Waals surface area contributed by atoms with Crippen LogP contribution in [-0.4, -0.2) is 31.1 Å². The van der Waals surface area contributed by atoms with E-state index in [1.165, 1.54) is 17.5 Å². The summed E-state index contributed by atoms with van der Waals surface area (Å²) in [6, 6.07) is 7.26. The molecule has 2 aliphatic rings. The Kier molecular flexibility index (Phi) is 3.50. The maximum Gasteiger partial charge on any atom is 0.122 e. The highest BCUT2D eigenvalue weighted by Crippen LogP contribution is 2.37. The molecule has 0 aromatic heterocycles. The summed E-state index contributed by atoms with van der Waals surface area (Å²) < 4.78 is 5.88. The third-order valence-corrected chi connectivity index (χ3v) is 4.59. The largest absolute Gasteiger partial charge is 0.490 e. The van der Waals surface area contributed by atoms with Gasteiger partial charge in [-0.15, -0.1) is 0 Å². The lowest BCUT2D eigenvalue weighted by Crippen LogP contribution is -2.21. The summed E-state index contributed by atoms with van der Waals surface area (Å²) in [5.74, 6) is 1.72. The molecular weight excluding hydrogens is 236 g/mol. The van der Waals surface area contributed by atoms with E-state index in [0.717, 1.165) is 31.7 Å². The van der Waals surface area contributed by atoms with Crippen molar-refractivity contribution >= 4 is 0 Å². The standard InChI is InChI=1S/C16H24N2O/c1-11-3-4-14-8-13(5-6-16(14)19-11)15-7-12(9-17)10-18(15)2/h5-6,8,11-12,15H,3-4,7,9-10,17H2,1-2H3. The Morgan fingerprint density at radius 1 is 1.42 bits per heavy atom. The van der Waals surface area contributed by atoms with E-state index >= 15 is 0 Å². The smallest absolute Gasteiger partial charge is 0.122 e. The third-order valence-electron chi connectivity index (χ3n) is 4.59. The summed E-state index contributed by atoms with van der Waals surface area (Å²) in [6.45, 7) is 4.06. The molecule has 3 heteroatoms. The van der Waals surface area contributed by atoms with Gasteiger partial charge in [-0.05, 0) is 62.9 Å². The highest BCUT2D eigenvalue weighted by Gasteiger charge is 2.30. The van der Waals surface area contributed by atoms with Gasteiger partial charge in [-0.25, -0.2) is 0 Å². The van der Waals surface area contributed by atoms with Crippen molar-refractivity contribution in [1.29, 1.82) is 0 Å². The Morgan fingerprint density at radius 2 is 2.26 bits per heavy atom. The molecule has 0 spiro atoms. The number of hydrogen-bond donors (Lipinski definition) is 1. The van der Waals surface area contributed by atoms with Crippen LogP contribution in [0.4, 0.5) is 0 Å². The van der Waals surface area contributed by atoms with Crippen LogP contribution in [0.25, 0.3) is 0 Å². The van der Waals surface area contributed by atoms with Crippen LogP contribution in [0.15, 0.2) is 18.2 Å². The highest BCUT2D eigenvalue weighted by molar-refractivity contribution is 5.40. The Hall–Kier alpha value is -1.06. The predicted molar refractivity (Wildman–Crippen MR) is 77.4 cm³/mol. The Balaban J connectivity index is 1.83. The summed E-state index contributed by atoms with van der Waals surface area (Å²) in [5.41, 5.74) is 8.62. The van der Waals surface area contributed by atoms with Crippen LogP contribution < -0.4 is 10.5 Å². The van der Waals surface area contributed by atoms with Gasteiger partial charge in [0, 0.05) is 12.6 Å². The van der Waals surface area contributed by atoms with Gasteiger partial charge in [0.25, 0.3) is 0 Å². The first-order valence-corrected chi connectivity index (χ1v) is 7.37. The second-order valence-electron chi connectivity index (χ2n) is 6.13. The van der Waals surface area contributed by atoms with Gasteiger partial charge in [-0.2, -0.15) is 0 Å². The fraction of sp³-hybridized carbons (Fsp3) is 0.625. The van der Waals surface area contributed by atoms with Crippen LogP contribution in [0.1, 0.15) is 36.9 Å². The number of nitrogens with zero attached hydrogens (tertiary/aromatic N) is 1. The van der Waals surface area contributed by atoms with E-state index in [4.69, 9.17) is 10.5 Å². The van der Waals surface area contributed by atoms with Gasteiger partial charge in [-0.1, -0.05) is 12.1 Å². The number of rotatable bonds is 2. The zero-order chi connectivity index (χ0) is 13.4. The van der Waals surface area contributed by atoms with E-state index in [1.807, 2.05) is 0 Å². The van der Waals surface area contributed by atoms with E-state index in [2.05, 4.69) is 37.1 Å². The normalized spacial score (nSPS) is 31.0. The lowest BCUT2D eigenvalue weighted by molar-refractivity contribution is 0.192. The van der Waals surface area contributed by atoms with Crippen LogP contribution in [0.3, 0.4) is 0 Å². The summed E-state index contributed by atoms with van der Waals surface area (Å²) in [4.78, 5) is 2.44. The molecule has 104 valence electrons. The Morgan fingerprint density at radius 3 is 3.00 bits per heavy atom. The van der Waals surface area contributed by atoms with E-state index in [9.17, 15) is 0 Å². The fourth-order valence-corrected chi connectivity index (χ4v) is 3.42. The number of benzene rings is 1. The average Bonchev–Trinajstić information content (AvgIpc) is 2.79. The van der Waals surface area contributed by atoms with Crippen LogP contribution >= 0.6 is 0 Å². The molecule has 0 saturated carbocycles. The number of fused-ring (bicyclic) bond motifs is 1. The lowest BCUT2D eigenvalue weighted by atomic mass is 9.95. The van der Waals surface area contributed by atoms with E-state index in [-0.39, 0.29) is 0 Å². The molecule has 1 aromatic rings. The third kappa shape index (κ3) is 2.49. The van der Waals surface area contributed by atoms with Crippen molar-refractivity contribution in [3.8, 4) is 5.75 Å². The van der Waals surface area contributed by atoms with Crippen molar-refractivity contribution in [3.63, 3.8) is 0 Å². The minimum Gasteiger partial charge on any atom is -0.490 e. The molecule has 3 atom stereocenters. The van der Waals surface area contributed by atoms with Crippen LogP contribution in [0, 0.1) is 5.92 Å². The molecule has 2 N–H and O–H groups in total. The first kappa shape index (κ1) is 12.9. The number of hydrogen-bond acceptors (Lipinski definition) is 3. The quantitative estimate of drug-likeness (QED) is 0.887. The second-order valence-corrected chi connectivity index (χ2v) is 6.13. The molecule has 1 aromatic carbocycles. The molecule has 2 aliphatic heterocycles. The first-order chi connectivity index (χ1) is 9.17. The lowest BCUT2D eigenvalue weighted by Gasteiger charge is -2.26. The molecule has 0 aliphatic carbocycles. The zero-order valence-electron chi connectivity index (χ0n) is 11.9. The van der Waals surface area contributed by atoms with Crippen molar-refractivity contribution < 1.29 is 4.74 Å². The van der Waals surface area contributed by atoms with Crippen molar-refractivity contribution in [2.24, 2.45) is 11.7 Å². The van der Waals surface area contributed by atoms with Gasteiger partial charge in [0.15, 0.2) is 0 Å². The average molecular weight is 260 g/mol. The van der Waals surface area contributed by atoms with Crippen molar-refractivity contribution in [2.75, 3.05) is 20.1 Å². The van der Waals surface area contributed by atoms with E-state index in [0.29, 0.717) is 18.1 Å². The maximum atomic E-state index is 5.88. The van der Waals surface area contributed by atoms with Gasteiger partial charge in [-0.3, -0.25) is 4.90 Å². The molecule has 1 saturated heterocycles. The van der Waals surface area contributed by atoms with Gasteiger partial charge in [0.05, 0.1) is 6.10 Å². The van der Waals surface area contributed by atoms with Crippen LogP contribution in [0.5, 0.6) is 5.75 Å². The molecule has 2 heterocycles. The highest BCUT2D eigenvalue weighted by atomic mass is 16.5. The molecule has 0 bridgehead atoms. The topological polar surface area (TPSA) is 38.5 Å². The summed E-state index contributed by atoms with van der Waals surface area (Å²) in [7, 11) is 2.21. The maximum absolute atomic E-state index is 5.88.